The lowest BCUT2D eigenvalue weighted by atomic mass is 10.1. The van der Waals surface area contributed by atoms with Crippen molar-refractivity contribution in [2.24, 2.45) is 5.92 Å². The summed E-state index contributed by atoms with van der Waals surface area (Å²) in [5, 5.41) is 6.15. The molecule has 1 N–H and O–H groups in total. The van der Waals surface area contributed by atoms with E-state index in [0.717, 1.165) is 37.4 Å². The van der Waals surface area contributed by atoms with Gasteiger partial charge in [-0.3, -0.25) is 4.79 Å². The Labute approximate surface area is 119 Å². The minimum absolute atomic E-state index is 0.101. The molecule has 106 valence electrons. The number of likely N-dealkylation sites (tertiary alicyclic amines) is 1. The van der Waals surface area contributed by atoms with Gasteiger partial charge in [-0.25, -0.2) is 4.98 Å². The zero-order valence-corrected chi connectivity index (χ0v) is 12.8. The topological polar surface area (TPSA) is 45.2 Å². The lowest BCUT2D eigenvalue weighted by Crippen LogP contribution is -2.41. The van der Waals surface area contributed by atoms with E-state index in [-0.39, 0.29) is 5.91 Å². The van der Waals surface area contributed by atoms with Crippen LogP contribution < -0.4 is 5.32 Å². The van der Waals surface area contributed by atoms with E-state index in [1.165, 1.54) is 0 Å². The summed E-state index contributed by atoms with van der Waals surface area (Å²) in [6.45, 7) is 6.08. The van der Waals surface area contributed by atoms with E-state index in [2.05, 4.69) is 24.1 Å². The Bertz CT molecular complexity index is 430. The number of hydrogen-bond acceptors (Lipinski definition) is 4. The normalized spacial score (nSPS) is 19.4. The van der Waals surface area contributed by atoms with E-state index in [1.807, 2.05) is 17.3 Å². The molecule has 0 aliphatic carbocycles. The molecule has 1 atom stereocenters. The molecule has 1 amide bonds. The number of rotatable bonds is 5. The van der Waals surface area contributed by atoms with Crippen LogP contribution >= 0.6 is 11.3 Å². The molecule has 1 fully saturated rings. The molecule has 19 heavy (non-hydrogen) atoms. The first-order valence-corrected chi connectivity index (χ1v) is 7.89. The van der Waals surface area contributed by atoms with E-state index < -0.39 is 0 Å². The van der Waals surface area contributed by atoms with E-state index >= 15 is 0 Å². The number of thiazole rings is 1. The Morgan fingerprint density at radius 2 is 2.42 bits per heavy atom. The quantitative estimate of drug-likeness (QED) is 0.899. The maximum Gasteiger partial charge on any atom is 0.273 e. The van der Waals surface area contributed by atoms with Crippen molar-refractivity contribution in [1.29, 1.82) is 0 Å². The molecule has 1 aromatic heterocycles. The largest absolute Gasteiger partial charge is 0.333 e. The maximum absolute atomic E-state index is 12.5. The Morgan fingerprint density at radius 1 is 1.63 bits per heavy atom. The van der Waals surface area contributed by atoms with Gasteiger partial charge >= 0.3 is 0 Å². The van der Waals surface area contributed by atoms with Crippen LogP contribution in [0.4, 0.5) is 0 Å². The molecule has 2 rings (SSSR count). The zero-order chi connectivity index (χ0) is 13.8. The minimum atomic E-state index is 0.101. The van der Waals surface area contributed by atoms with Gasteiger partial charge in [0.2, 0.25) is 0 Å². The zero-order valence-electron chi connectivity index (χ0n) is 12.0. The van der Waals surface area contributed by atoms with Crippen molar-refractivity contribution < 1.29 is 4.79 Å². The second kappa shape index (κ2) is 6.48. The molecule has 4 nitrogen and oxygen atoms in total. The number of aromatic nitrogens is 1. The smallest absolute Gasteiger partial charge is 0.273 e. The van der Waals surface area contributed by atoms with Crippen molar-refractivity contribution in [3.63, 3.8) is 0 Å². The number of carbonyl (C=O) groups is 1. The Balaban J connectivity index is 2.04. The SMILES string of the molecule is CNCC1CCCN1C(=O)c1csc(CC(C)C)n1. The molecule has 2 heterocycles. The van der Waals surface area contributed by atoms with E-state index in [0.29, 0.717) is 17.7 Å². The van der Waals surface area contributed by atoms with Gasteiger partial charge in [0.1, 0.15) is 5.69 Å². The van der Waals surface area contributed by atoms with Gasteiger partial charge in [0.25, 0.3) is 5.91 Å². The highest BCUT2D eigenvalue weighted by Crippen LogP contribution is 2.21. The molecular weight excluding hydrogens is 258 g/mol. The molecule has 1 aliphatic rings. The van der Waals surface area contributed by atoms with Crippen LogP contribution in [0.2, 0.25) is 0 Å². The molecule has 1 saturated heterocycles. The third kappa shape index (κ3) is 3.54. The lowest BCUT2D eigenvalue weighted by molar-refractivity contribution is 0.0731. The van der Waals surface area contributed by atoms with Gasteiger partial charge in [-0.05, 0) is 25.8 Å². The fraction of sp³-hybridized carbons (Fsp3) is 0.714. The molecule has 0 spiro atoms. The summed E-state index contributed by atoms with van der Waals surface area (Å²) >= 11 is 1.61. The van der Waals surface area contributed by atoms with Crippen molar-refractivity contribution >= 4 is 17.2 Å². The van der Waals surface area contributed by atoms with Gasteiger partial charge in [-0.1, -0.05) is 13.8 Å². The molecule has 1 aliphatic heterocycles. The fourth-order valence-electron chi connectivity index (χ4n) is 2.55. The standard InChI is InChI=1S/C14H23N3OS/c1-10(2)7-13-16-12(9-19-13)14(18)17-6-4-5-11(17)8-15-3/h9-11,15H,4-8H2,1-3H3. The highest BCUT2D eigenvalue weighted by atomic mass is 32.1. The number of carbonyl (C=O) groups excluding carboxylic acids is 1. The Morgan fingerprint density at radius 3 is 3.11 bits per heavy atom. The van der Waals surface area contributed by atoms with Gasteiger partial charge < -0.3 is 10.2 Å². The van der Waals surface area contributed by atoms with Crippen molar-refractivity contribution in [3.8, 4) is 0 Å². The first kappa shape index (κ1) is 14.5. The molecule has 1 aromatic rings. The summed E-state index contributed by atoms with van der Waals surface area (Å²) in [7, 11) is 1.94. The second-order valence-electron chi connectivity index (χ2n) is 5.58. The van der Waals surface area contributed by atoms with Crippen molar-refractivity contribution in [2.45, 2.75) is 39.2 Å². The van der Waals surface area contributed by atoms with E-state index in [4.69, 9.17) is 0 Å². The summed E-state index contributed by atoms with van der Waals surface area (Å²) in [6.07, 6.45) is 3.15. The molecule has 0 radical (unpaired) electrons. The highest BCUT2D eigenvalue weighted by Gasteiger charge is 2.29. The highest BCUT2D eigenvalue weighted by molar-refractivity contribution is 7.09. The molecular formula is C14H23N3OS. The molecule has 0 bridgehead atoms. The lowest BCUT2D eigenvalue weighted by Gasteiger charge is -2.23. The Kier molecular flexibility index (Phi) is 4.93. The van der Waals surface area contributed by atoms with Crippen LogP contribution in [-0.2, 0) is 6.42 Å². The minimum Gasteiger partial charge on any atom is -0.333 e. The average molecular weight is 281 g/mol. The van der Waals surface area contributed by atoms with Gasteiger partial charge in [-0.15, -0.1) is 11.3 Å². The number of nitrogens with one attached hydrogen (secondary N) is 1. The first-order valence-electron chi connectivity index (χ1n) is 7.01. The summed E-state index contributed by atoms with van der Waals surface area (Å²) in [6, 6.07) is 0.327. The van der Waals surface area contributed by atoms with Gasteiger partial charge in [-0.2, -0.15) is 0 Å². The summed E-state index contributed by atoms with van der Waals surface area (Å²) < 4.78 is 0. The van der Waals surface area contributed by atoms with Crippen LogP contribution in [0, 0.1) is 5.92 Å². The molecule has 0 aromatic carbocycles. The van der Waals surface area contributed by atoms with Crippen LogP contribution in [0.3, 0.4) is 0 Å². The molecule has 0 saturated carbocycles. The van der Waals surface area contributed by atoms with E-state index in [9.17, 15) is 4.79 Å². The van der Waals surface area contributed by atoms with Crippen molar-refractivity contribution in [3.05, 3.63) is 16.1 Å². The number of nitrogens with zero attached hydrogens (tertiary/aromatic N) is 2. The second-order valence-corrected chi connectivity index (χ2v) is 6.52. The van der Waals surface area contributed by atoms with Crippen LogP contribution in [0.25, 0.3) is 0 Å². The van der Waals surface area contributed by atoms with Crippen molar-refractivity contribution in [2.75, 3.05) is 20.1 Å². The van der Waals surface area contributed by atoms with Gasteiger partial charge in [0.05, 0.1) is 5.01 Å². The average Bonchev–Trinajstić information content (AvgIpc) is 2.97. The molecule has 5 heteroatoms. The summed E-state index contributed by atoms with van der Waals surface area (Å²) in [4.78, 5) is 18.9. The maximum atomic E-state index is 12.5. The number of likely N-dealkylation sites (N-methyl/N-ethyl adjacent to an activating group) is 1. The third-order valence-corrected chi connectivity index (χ3v) is 4.30. The first-order chi connectivity index (χ1) is 9.11. The third-order valence-electron chi connectivity index (χ3n) is 3.43. The fourth-order valence-corrected chi connectivity index (χ4v) is 3.53. The summed E-state index contributed by atoms with van der Waals surface area (Å²) in [5.74, 6) is 0.682. The van der Waals surface area contributed by atoms with Crippen molar-refractivity contribution in [1.82, 2.24) is 15.2 Å². The summed E-state index contributed by atoms with van der Waals surface area (Å²) in [5.41, 5.74) is 0.628. The van der Waals surface area contributed by atoms with Gasteiger partial charge in [0.15, 0.2) is 0 Å². The molecule has 1 unspecified atom stereocenters. The predicted octanol–water partition coefficient (Wildman–Crippen LogP) is 2.17. The van der Waals surface area contributed by atoms with Crippen LogP contribution in [0.5, 0.6) is 0 Å². The van der Waals surface area contributed by atoms with Gasteiger partial charge in [0, 0.05) is 30.9 Å². The number of amides is 1. The van der Waals surface area contributed by atoms with E-state index in [1.54, 1.807) is 11.3 Å². The number of hydrogen-bond donors (Lipinski definition) is 1. The Hall–Kier alpha value is -0.940. The predicted molar refractivity (Wildman–Crippen MR) is 78.6 cm³/mol. The monoisotopic (exact) mass is 281 g/mol. The van der Waals surface area contributed by atoms with Crippen LogP contribution in [-0.4, -0.2) is 42.0 Å². The van der Waals surface area contributed by atoms with Crippen LogP contribution in [0.15, 0.2) is 5.38 Å². The van der Waals surface area contributed by atoms with Crippen LogP contribution in [0.1, 0.15) is 42.2 Å².